The number of hydrogen-bond acceptors (Lipinski definition) is 1. The van der Waals surface area contributed by atoms with Gasteiger partial charge < -0.3 is 5.11 Å². The molecule has 2 rings (SSSR count). The van der Waals surface area contributed by atoms with Crippen LogP contribution in [-0.2, 0) is 6.42 Å². The Kier molecular flexibility index (Phi) is 5.26. The quantitative estimate of drug-likeness (QED) is 0.837. The summed E-state index contributed by atoms with van der Waals surface area (Å²) in [5.74, 6) is 2.57. The van der Waals surface area contributed by atoms with Gasteiger partial charge in [-0.05, 0) is 60.5 Å². The molecular weight excluding hydrogens is 244 g/mol. The van der Waals surface area contributed by atoms with Crippen molar-refractivity contribution in [1.82, 2.24) is 0 Å². The van der Waals surface area contributed by atoms with Crippen LogP contribution in [0.4, 0.5) is 0 Å². The summed E-state index contributed by atoms with van der Waals surface area (Å²) in [6.07, 6.45) is 4.29. The van der Waals surface area contributed by atoms with E-state index in [1.54, 1.807) is 0 Å². The third-order valence-electron chi connectivity index (χ3n) is 5.07. The maximum Gasteiger partial charge on any atom is 0.0571 e. The highest BCUT2D eigenvalue weighted by Gasteiger charge is 2.30. The molecule has 1 aliphatic carbocycles. The molecule has 0 saturated heterocycles. The Morgan fingerprint density at radius 3 is 2.25 bits per heavy atom. The van der Waals surface area contributed by atoms with Crippen LogP contribution in [0.15, 0.2) is 24.3 Å². The molecule has 1 N–H and O–H groups in total. The van der Waals surface area contributed by atoms with Gasteiger partial charge in [-0.3, -0.25) is 0 Å². The third-order valence-corrected chi connectivity index (χ3v) is 5.07. The van der Waals surface area contributed by atoms with Gasteiger partial charge in [-0.2, -0.15) is 0 Å². The second-order valence-electron chi connectivity index (χ2n) is 7.24. The van der Waals surface area contributed by atoms with E-state index in [0.29, 0.717) is 11.8 Å². The third kappa shape index (κ3) is 3.85. The van der Waals surface area contributed by atoms with Gasteiger partial charge in [-0.25, -0.2) is 0 Å². The van der Waals surface area contributed by atoms with E-state index < -0.39 is 0 Å². The molecule has 0 aliphatic heterocycles. The minimum absolute atomic E-state index is 0.102. The smallest absolute Gasteiger partial charge is 0.0571 e. The van der Waals surface area contributed by atoms with Gasteiger partial charge in [-0.15, -0.1) is 0 Å². The van der Waals surface area contributed by atoms with Gasteiger partial charge in [0.15, 0.2) is 0 Å². The van der Waals surface area contributed by atoms with Crippen LogP contribution in [0.2, 0.25) is 0 Å². The largest absolute Gasteiger partial charge is 0.393 e. The zero-order chi connectivity index (χ0) is 14.7. The first-order valence-corrected chi connectivity index (χ1v) is 8.24. The SMILES string of the molecule is CC(C)c1ccc(CC2CC(C(C)C)CCC2O)cc1. The molecule has 0 aromatic heterocycles. The van der Waals surface area contributed by atoms with Crippen LogP contribution in [-0.4, -0.2) is 11.2 Å². The number of benzene rings is 1. The fourth-order valence-electron chi connectivity index (χ4n) is 3.45. The molecule has 20 heavy (non-hydrogen) atoms. The monoisotopic (exact) mass is 274 g/mol. The fraction of sp³-hybridized carbons (Fsp3) is 0.684. The van der Waals surface area contributed by atoms with Gasteiger partial charge >= 0.3 is 0 Å². The van der Waals surface area contributed by atoms with Gasteiger partial charge in [0.25, 0.3) is 0 Å². The summed E-state index contributed by atoms with van der Waals surface area (Å²) in [5.41, 5.74) is 2.78. The van der Waals surface area contributed by atoms with E-state index in [2.05, 4.69) is 52.0 Å². The van der Waals surface area contributed by atoms with Crippen LogP contribution in [0.25, 0.3) is 0 Å². The number of rotatable bonds is 4. The van der Waals surface area contributed by atoms with E-state index in [9.17, 15) is 5.11 Å². The Morgan fingerprint density at radius 2 is 1.70 bits per heavy atom. The lowest BCUT2D eigenvalue weighted by atomic mass is 9.73. The van der Waals surface area contributed by atoms with E-state index in [4.69, 9.17) is 0 Å². The molecule has 0 radical (unpaired) electrons. The Hall–Kier alpha value is -0.820. The van der Waals surface area contributed by atoms with Gasteiger partial charge in [0, 0.05) is 0 Å². The lowest BCUT2D eigenvalue weighted by Crippen LogP contribution is -2.32. The number of aliphatic hydroxyl groups excluding tert-OH is 1. The van der Waals surface area contributed by atoms with Gasteiger partial charge in [0.1, 0.15) is 0 Å². The molecule has 0 heterocycles. The van der Waals surface area contributed by atoms with Crippen LogP contribution in [0.1, 0.15) is 64.0 Å². The van der Waals surface area contributed by atoms with Crippen molar-refractivity contribution in [2.45, 2.75) is 65.4 Å². The highest BCUT2D eigenvalue weighted by molar-refractivity contribution is 5.25. The second kappa shape index (κ2) is 6.76. The Bertz CT molecular complexity index is 404. The Balaban J connectivity index is 2.00. The number of hydrogen-bond donors (Lipinski definition) is 1. The van der Waals surface area contributed by atoms with E-state index in [-0.39, 0.29) is 6.10 Å². The second-order valence-corrected chi connectivity index (χ2v) is 7.24. The molecule has 1 fully saturated rings. The van der Waals surface area contributed by atoms with Crippen molar-refractivity contribution in [3.63, 3.8) is 0 Å². The highest BCUT2D eigenvalue weighted by Crippen LogP contribution is 2.35. The zero-order valence-corrected chi connectivity index (χ0v) is 13.5. The van der Waals surface area contributed by atoms with E-state index >= 15 is 0 Å². The molecule has 0 bridgehead atoms. The van der Waals surface area contributed by atoms with Gasteiger partial charge in [-0.1, -0.05) is 52.0 Å². The predicted molar refractivity (Wildman–Crippen MR) is 85.9 cm³/mol. The van der Waals surface area contributed by atoms with Crippen molar-refractivity contribution in [1.29, 1.82) is 0 Å². The molecule has 3 atom stereocenters. The lowest BCUT2D eigenvalue weighted by Gasteiger charge is -2.35. The summed E-state index contributed by atoms with van der Waals surface area (Å²) in [7, 11) is 0. The summed E-state index contributed by atoms with van der Waals surface area (Å²) < 4.78 is 0. The van der Waals surface area contributed by atoms with Crippen LogP contribution in [0, 0.1) is 17.8 Å². The van der Waals surface area contributed by atoms with Gasteiger partial charge in [0.2, 0.25) is 0 Å². The van der Waals surface area contributed by atoms with Crippen molar-refractivity contribution in [2.24, 2.45) is 17.8 Å². The fourth-order valence-corrected chi connectivity index (χ4v) is 3.45. The maximum atomic E-state index is 10.3. The normalized spacial score (nSPS) is 27.2. The van der Waals surface area contributed by atoms with Crippen molar-refractivity contribution in [2.75, 3.05) is 0 Å². The summed E-state index contributed by atoms with van der Waals surface area (Å²) in [5, 5.41) is 10.3. The van der Waals surface area contributed by atoms with Crippen molar-refractivity contribution >= 4 is 0 Å². The molecule has 0 amide bonds. The van der Waals surface area contributed by atoms with E-state index in [0.717, 1.165) is 24.7 Å². The molecular formula is C19H30O. The molecule has 112 valence electrons. The summed E-state index contributed by atoms with van der Waals surface area (Å²) in [6.45, 7) is 9.09. The maximum absolute atomic E-state index is 10.3. The first kappa shape index (κ1) is 15.6. The number of aliphatic hydroxyl groups is 1. The molecule has 1 saturated carbocycles. The highest BCUT2D eigenvalue weighted by atomic mass is 16.3. The van der Waals surface area contributed by atoms with E-state index in [1.807, 2.05) is 0 Å². The topological polar surface area (TPSA) is 20.2 Å². The lowest BCUT2D eigenvalue weighted by molar-refractivity contribution is 0.0378. The molecule has 1 aliphatic rings. The molecule has 0 spiro atoms. The van der Waals surface area contributed by atoms with Crippen molar-refractivity contribution < 1.29 is 5.11 Å². The van der Waals surface area contributed by atoms with Crippen LogP contribution < -0.4 is 0 Å². The van der Waals surface area contributed by atoms with Crippen LogP contribution in [0.3, 0.4) is 0 Å². The first-order valence-electron chi connectivity index (χ1n) is 8.24. The first-order chi connectivity index (χ1) is 9.47. The van der Waals surface area contributed by atoms with Crippen LogP contribution >= 0.6 is 0 Å². The Morgan fingerprint density at radius 1 is 1.05 bits per heavy atom. The van der Waals surface area contributed by atoms with Gasteiger partial charge in [0.05, 0.1) is 6.10 Å². The summed E-state index contributed by atoms with van der Waals surface area (Å²) >= 11 is 0. The minimum atomic E-state index is -0.102. The van der Waals surface area contributed by atoms with E-state index in [1.165, 1.54) is 24.0 Å². The van der Waals surface area contributed by atoms with Crippen molar-refractivity contribution in [3.05, 3.63) is 35.4 Å². The Labute approximate surface area is 124 Å². The predicted octanol–water partition coefficient (Wildman–Crippen LogP) is 4.79. The summed E-state index contributed by atoms with van der Waals surface area (Å²) in [6, 6.07) is 8.99. The molecule has 1 aromatic rings. The molecule has 1 aromatic carbocycles. The average molecular weight is 274 g/mol. The molecule has 1 heteroatoms. The molecule has 1 nitrogen and oxygen atoms in total. The zero-order valence-electron chi connectivity index (χ0n) is 13.5. The minimum Gasteiger partial charge on any atom is -0.393 e. The summed E-state index contributed by atoms with van der Waals surface area (Å²) in [4.78, 5) is 0. The standard InChI is InChI=1S/C19H30O/c1-13(2)16-7-5-15(6-8-16)11-18-12-17(14(3)4)9-10-19(18)20/h5-8,13-14,17-20H,9-12H2,1-4H3. The average Bonchev–Trinajstić information content (AvgIpc) is 2.41. The molecule has 3 unspecified atom stereocenters. The van der Waals surface area contributed by atoms with Crippen molar-refractivity contribution in [3.8, 4) is 0 Å². The van der Waals surface area contributed by atoms with Crippen LogP contribution in [0.5, 0.6) is 0 Å².